The zero-order valence-corrected chi connectivity index (χ0v) is 19.8. The van der Waals surface area contributed by atoms with Crippen LogP contribution in [0.5, 0.6) is 0 Å². The Kier molecular flexibility index (Phi) is 6.48. The predicted molar refractivity (Wildman–Crippen MR) is 134 cm³/mol. The largest absolute Gasteiger partial charge is 0.322 e. The second-order valence-electron chi connectivity index (χ2n) is 9.93. The first-order valence-corrected chi connectivity index (χ1v) is 11.4. The van der Waals surface area contributed by atoms with Gasteiger partial charge in [-0.25, -0.2) is 4.39 Å². The average molecular weight is 443 g/mol. The highest BCUT2D eigenvalue weighted by Crippen LogP contribution is 2.23. The molecule has 0 radical (unpaired) electrons. The van der Waals surface area contributed by atoms with E-state index in [0.717, 1.165) is 27.6 Å². The lowest BCUT2D eigenvalue weighted by molar-refractivity contribution is 0.246. The first-order chi connectivity index (χ1) is 15.7. The number of pyridine rings is 1. The molecule has 0 aliphatic heterocycles. The number of halogens is 1. The van der Waals surface area contributed by atoms with Gasteiger partial charge in [0.2, 0.25) is 0 Å². The number of aromatic amines is 1. The number of aromatic nitrogens is 1. The third kappa shape index (κ3) is 5.77. The van der Waals surface area contributed by atoms with Gasteiger partial charge in [-0.15, -0.1) is 0 Å². The van der Waals surface area contributed by atoms with Crippen LogP contribution in [-0.4, -0.2) is 9.88 Å². The molecule has 4 rings (SSSR count). The molecule has 170 valence electrons. The number of fused-ring (bicyclic) bond motifs is 1. The molecule has 4 heteroatoms. The van der Waals surface area contributed by atoms with Gasteiger partial charge in [0.15, 0.2) is 0 Å². The number of hydrogen-bond donors (Lipinski definition) is 1. The summed E-state index contributed by atoms with van der Waals surface area (Å²) in [6, 6.07) is 23.3. The molecule has 0 saturated heterocycles. The topological polar surface area (TPSA) is 36.1 Å². The number of aryl methyl sites for hydroxylation is 1. The molecule has 0 unspecified atom stereocenters. The maximum Gasteiger partial charge on any atom is 0.252 e. The van der Waals surface area contributed by atoms with E-state index in [1.807, 2.05) is 25.1 Å². The highest BCUT2D eigenvalue weighted by molar-refractivity contribution is 5.79. The molecule has 0 saturated carbocycles. The minimum absolute atomic E-state index is 0.0692. The third-order valence-electron chi connectivity index (χ3n) is 6.02. The number of benzene rings is 3. The van der Waals surface area contributed by atoms with E-state index in [0.29, 0.717) is 19.6 Å². The van der Waals surface area contributed by atoms with Crippen LogP contribution in [0.1, 0.15) is 48.6 Å². The van der Waals surface area contributed by atoms with Gasteiger partial charge in [0.05, 0.1) is 0 Å². The highest BCUT2D eigenvalue weighted by atomic mass is 19.1. The van der Waals surface area contributed by atoms with Gasteiger partial charge in [-0.05, 0) is 64.2 Å². The summed E-state index contributed by atoms with van der Waals surface area (Å²) in [5, 5.41) is 1.02. The van der Waals surface area contributed by atoms with Crippen molar-refractivity contribution in [2.75, 3.05) is 0 Å². The molecule has 0 fully saturated rings. The van der Waals surface area contributed by atoms with Gasteiger partial charge in [-0.3, -0.25) is 9.69 Å². The third-order valence-corrected chi connectivity index (χ3v) is 6.02. The van der Waals surface area contributed by atoms with Gasteiger partial charge >= 0.3 is 0 Å². The molecule has 3 nitrogen and oxygen atoms in total. The zero-order chi connectivity index (χ0) is 23.6. The van der Waals surface area contributed by atoms with Crippen molar-refractivity contribution in [1.82, 2.24) is 9.88 Å². The Morgan fingerprint density at radius 3 is 2.03 bits per heavy atom. The van der Waals surface area contributed by atoms with E-state index < -0.39 is 0 Å². The lowest BCUT2D eigenvalue weighted by atomic mass is 9.87. The van der Waals surface area contributed by atoms with E-state index >= 15 is 0 Å². The standard InChI is InChI=1S/C29H31FN2O/c1-20-5-10-23-16-24(28(33)31-27(23)15-20)19-32(18-22-8-13-26(30)14-9-22)17-21-6-11-25(12-7-21)29(2,3)4/h5-16H,17-19H2,1-4H3,(H,31,33). The van der Waals surface area contributed by atoms with Crippen molar-refractivity contribution in [1.29, 1.82) is 0 Å². The highest BCUT2D eigenvalue weighted by Gasteiger charge is 2.15. The first-order valence-electron chi connectivity index (χ1n) is 11.4. The van der Waals surface area contributed by atoms with Gasteiger partial charge in [-0.1, -0.05) is 69.3 Å². The van der Waals surface area contributed by atoms with Gasteiger partial charge in [0, 0.05) is 30.7 Å². The molecular weight excluding hydrogens is 411 g/mol. The van der Waals surface area contributed by atoms with Crippen molar-refractivity contribution in [2.24, 2.45) is 0 Å². The summed E-state index contributed by atoms with van der Waals surface area (Å²) in [5.74, 6) is -0.246. The van der Waals surface area contributed by atoms with Crippen LogP contribution in [0.25, 0.3) is 10.9 Å². The number of hydrogen-bond acceptors (Lipinski definition) is 2. The van der Waals surface area contributed by atoms with Crippen molar-refractivity contribution in [3.05, 3.63) is 117 Å². The van der Waals surface area contributed by atoms with Crippen molar-refractivity contribution in [2.45, 2.75) is 52.7 Å². The van der Waals surface area contributed by atoms with Crippen molar-refractivity contribution < 1.29 is 4.39 Å². The number of H-pyrrole nitrogens is 1. The molecule has 1 heterocycles. The smallest absolute Gasteiger partial charge is 0.252 e. The van der Waals surface area contributed by atoms with Crippen LogP contribution in [0.15, 0.2) is 77.6 Å². The fraction of sp³-hybridized carbons (Fsp3) is 0.276. The molecule has 1 N–H and O–H groups in total. The molecule has 3 aromatic carbocycles. The van der Waals surface area contributed by atoms with Crippen molar-refractivity contribution >= 4 is 10.9 Å². The Morgan fingerprint density at radius 1 is 0.818 bits per heavy atom. The van der Waals surface area contributed by atoms with E-state index in [1.54, 1.807) is 12.1 Å². The number of rotatable bonds is 6. The monoisotopic (exact) mass is 442 g/mol. The van der Waals surface area contributed by atoms with E-state index in [9.17, 15) is 9.18 Å². The van der Waals surface area contributed by atoms with E-state index in [1.165, 1.54) is 23.3 Å². The molecule has 0 spiro atoms. The molecule has 0 amide bonds. The quantitative estimate of drug-likeness (QED) is 0.371. The summed E-state index contributed by atoms with van der Waals surface area (Å²) < 4.78 is 13.4. The Bertz CT molecular complexity index is 1300. The maximum absolute atomic E-state index is 13.4. The van der Waals surface area contributed by atoms with Crippen LogP contribution in [0.3, 0.4) is 0 Å². The molecule has 0 bridgehead atoms. The summed E-state index contributed by atoms with van der Waals surface area (Å²) >= 11 is 0. The zero-order valence-electron chi connectivity index (χ0n) is 19.8. The van der Waals surface area contributed by atoms with Crippen LogP contribution in [0, 0.1) is 12.7 Å². The molecule has 0 atom stereocenters. The molecule has 1 aromatic heterocycles. The predicted octanol–water partition coefficient (Wildman–Crippen LogP) is 6.48. The minimum Gasteiger partial charge on any atom is -0.322 e. The first kappa shape index (κ1) is 22.9. The summed E-state index contributed by atoms with van der Waals surface area (Å²) in [6.07, 6.45) is 0. The van der Waals surface area contributed by atoms with E-state index in [-0.39, 0.29) is 16.8 Å². The normalized spacial score (nSPS) is 11.9. The number of nitrogens with one attached hydrogen (secondary N) is 1. The fourth-order valence-corrected chi connectivity index (χ4v) is 4.10. The minimum atomic E-state index is -0.246. The fourth-order valence-electron chi connectivity index (χ4n) is 4.10. The maximum atomic E-state index is 13.4. The molecule has 33 heavy (non-hydrogen) atoms. The van der Waals surface area contributed by atoms with Crippen molar-refractivity contribution in [3.8, 4) is 0 Å². The van der Waals surface area contributed by atoms with Crippen LogP contribution in [-0.2, 0) is 25.0 Å². The van der Waals surface area contributed by atoms with E-state index in [4.69, 9.17) is 0 Å². The van der Waals surface area contributed by atoms with Gasteiger partial charge in [0.25, 0.3) is 5.56 Å². The van der Waals surface area contributed by atoms with Crippen LogP contribution in [0.4, 0.5) is 4.39 Å². The summed E-state index contributed by atoms with van der Waals surface area (Å²) in [4.78, 5) is 18.1. The Morgan fingerprint density at radius 2 is 1.42 bits per heavy atom. The summed E-state index contributed by atoms with van der Waals surface area (Å²) in [6.45, 7) is 10.4. The second-order valence-corrected chi connectivity index (χ2v) is 9.93. The average Bonchev–Trinajstić information content (AvgIpc) is 2.76. The van der Waals surface area contributed by atoms with Gasteiger partial charge in [0.1, 0.15) is 5.82 Å². The second kappa shape index (κ2) is 9.32. The summed E-state index contributed by atoms with van der Waals surface area (Å²) in [7, 11) is 0. The van der Waals surface area contributed by atoms with Gasteiger partial charge in [-0.2, -0.15) is 0 Å². The SMILES string of the molecule is Cc1ccc2cc(CN(Cc3ccc(F)cc3)Cc3ccc(C(C)(C)C)cc3)c(=O)[nH]c2c1. The van der Waals surface area contributed by atoms with Crippen LogP contribution in [0.2, 0.25) is 0 Å². The Hall–Kier alpha value is -3.24. The summed E-state index contributed by atoms with van der Waals surface area (Å²) in [5.41, 5.74) is 6.20. The van der Waals surface area contributed by atoms with Crippen LogP contribution >= 0.6 is 0 Å². The van der Waals surface area contributed by atoms with Crippen molar-refractivity contribution in [3.63, 3.8) is 0 Å². The molecule has 0 aliphatic carbocycles. The Labute approximate surface area is 194 Å². The number of nitrogens with zero attached hydrogens (tertiary/aromatic N) is 1. The van der Waals surface area contributed by atoms with Crippen LogP contribution < -0.4 is 5.56 Å². The molecular formula is C29H31FN2O. The lowest BCUT2D eigenvalue weighted by Crippen LogP contribution is -2.26. The van der Waals surface area contributed by atoms with Gasteiger partial charge < -0.3 is 4.98 Å². The lowest BCUT2D eigenvalue weighted by Gasteiger charge is -2.24. The molecule has 0 aliphatic rings. The Balaban J connectivity index is 1.63. The van der Waals surface area contributed by atoms with E-state index in [2.05, 4.69) is 61.0 Å². The molecule has 4 aromatic rings.